The molecule has 1 saturated heterocycles. The van der Waals surface area contributed by atoms with Crippen LogP contribution in [0.15, 0.2) is 12.1 Å². The number of ether oxygens (including phenoxy) is 1. The number of carbonyl (C=O) groups is 2. The fourth-order valence-corrected chi connectivity index (χ4v) is 2.67. The van der Waals surface area contributed by atoms with E-state index in [0.29, 0.717) is 40.9 Å². The summed E-state index contributed by atoms with van der Waals surface area (Å²) >= 11 is 12.0. The van der Waals surface area contributed by atoms with Gasteiger partial charge in [-0.1, -0.05) is 23.2 Å². The van der Waals surface area contributed by atoms with Crippen molar-refractivity contribution >= 4 is 40.7 Å². The molecule has 20 heavy (non-hydrogen) atoms. The number of halogens is 2. The summed E-state index contributed by atoms with van der Waals surface area (Å²) < 4.78 is 5.04. The van der Waals surface area contributed by atoms with Gasteiger partial charge in [-0.25, -0.2) is 0 Å². The maximum atomic E-state index is 12.1. The van der Waals surface area contributed by atoms with E-state index in [2.05, 4.69) is 10.6 Å². The van der Waals surface area contributed by atoms with Crippen LogP contribution in [-0.4, -0.2) is 25.5 Å². The summed E-state index contributed by atoms with van der Waals surface area (Å²) in [6.07, 6.45) is 0.900. The van der Waals surface area contributed by atoms with Gasteiger partial charge in [-0.05, 0) is 18.6 Å². The van der Waals surface area contributed by atoms with Gasteiger partial charge >= 0.3 is 0 Å². The first kappa shape index (κ1) is 14.9. The third-order valence-corrected chi connectivity index (χ3v) is 3.67. The molecule has 0 spiro atoms. The molecule has 0 aliphatic carbocycles. The molecule has 1 atom stereocenters. The van der Waals surface area contributed by atoms with Gasteiger partial charge in [0.05, 0.1) is 23.1 Å². The highest BCUT2D eigenvalue weighted by Gasteiger charge is 2.24. The Morgan fingerprint density at radius 3 is 2.55 bits per heavy atom. The third kappa shape index (κ3) is 3.35. The Morgan fingerprint density at radius 2 is 2.05 bits per heavy atom. The second-order valence-corrected chi connectivity index (χ2v) is 5.32. The van der Waals surface area contributed by atoms with Crippen molar-refractivity contribution in [1.82, 2.24) is 5.32 Å². The standard InChI is InChI=1S/C13H14Cl2N2O3/c1-20-12-9(14)4-8(5-10(12)15)17-13(19)7-2-3-11(18)16-6-7/h4-5,7H,2-3,6H2,1H3,(H,16,18)(H,17,19)/t7-/m0/s1. The van der Waals surface area contributed by atoms with E-state index in [-0.39, 0.29) is 17.7 Å². The van der Waals surface area contributed by atoms with Crippen LogP contribution in [0.2, 0.25) is 10.0 Å². The average molecular weight is 317 g/mol. The Balaban J connectivity index is 2.06. The largest absolute Gasteiger partial charge is 0.494 e. The molecule has 0 radical (unpaired) electrons. The minimum Gasteiger partial charge on any atom is -0.494 e. The van der Waals surface area contributed by atoms with Crippen molar-refractivity contribution in [3.8, 4) is 5.75 Å². The van der Waals surface area contributed by atoms with Gasteiger partial charge in [0.25, 0.3) is 0 Å². The Labute approximate surface area is 126 Å². The van der Waals surface area contributed by atoms with Gasteiger partial charge in [-0.2, -0.15) is 0 Å². The number of amides is 2. The predicted octanol–water partition coefficient (Wildman–Crippen LogP) is 2.47. The number of nitrogens with one attached hydrogen (secondary N) is 2. The summed E-state index contributed by atoms with van der Waals surface area (Å²) in [5, 5.41) is 6.06. The Hall–Kier alpha value is -1.46. The molecule has 1 fully saturated rings. The van der Waals surface area contributed by atoms with Gasteiger partial charge in [0.2, 0.25) is 11.8 Å². The van der Waals surface area contributed by atoms with Crippen LogP contribution in [0.1, 0.15) is 12.8 Å². The quantitative estimate of drug-likeness (QED) is 0.900. The highest BCUT2D eigenvalue weighted by atomic mass is 35.5. The van der Waals surface area contributed by atoms with E-state index in [4.69, 9.17) is 27.9 Å². The molecule has 0 aromatic heterocycles. The zero-order valence-corrected chi connectivity index (χ0v) is 12.3. The number of rotatable bonds is 3. The van der Waals surface area contributed by atoms with Crippen molar-refractivity contribution in [3.63, 3.8) is 0 Å². The molecule has 0 bridgehead atoms. The Bertz CT molecular complexity index is 515. The van der Waals surface area contributed by atoms with E-state index >= 15 is 0 Å². The van der Waals surface area contributed by atoms with Crippen LogP contribution in [0.5, 0.6) is 5.75 Å². The van der Waals surface area contributed by atoms with E-state index in [1.807, 2.05) is 0 Å². The topological polar surface area (TPSA) is 67.4 Å². The van der Waals surface area contributed by atoms with Gasteiger partial charge in [0.1, 0.15) is 0 Å². The van der Waals surface area contributed by atoms with E-state index in [1.165, 1.54) is 7.11 Å². The van der Waals surface area contributed by atoms with Gasteiger partial charge in [-0.3, -0.25) is 9.59 Å². The molecule has 1 aliphatic rings. The van der Waals surface area contributed by atoms with Crippen LogP contribution >= 0.6 is 23.2 Å². The van der Waals surface area contributed by atoms with Gasteiger partial charge in [0, 0.05) is 18.7 Å². The number of piperidine rings is 1. The van der Waals surface area contributed by atoms with Gasteiger partial charge in [-0.15, -0.1) is 0 Å². The van der Waals surface area contributed by atoms with E-state index < -0.39 is 0 Å². The molecule has 1 aliphatic heterocycles. The first-order valence-corrected chi connectivity index (χ1v) is 6.87. The van der Waals surface area contributed by atoms with Crippen LogP contribution in [0.4, 0.5) is 5.69 Å². The maximum Gasteiger partial charge on any atom is 0.229 e. The molecule has 2 rings (SSSR count). The van der Waals surface area contributed by atoms with Crippen LogP contribution in [-0.2, 0) is 9.59 Å². The van der Waals surface area contributed by atoms with E-state index in [0.717, 1.165) is 0 Å². The summed E-state index contributed by atoms with van der Waals surface area (Å²) in [7, 11) is 1.47. The monoisotopic (exact) mass is 316 g/mol. The zero-order valence-electron chi connectivity index (χ0n) is 10.8. The summed E-state index contributed by atoms with van der Waals surface area (Å²) in [5.74, 6) is -0.0597. The number of carbonyl (C=O) groups excluding carboxylic acids is 2. The van der Waals surface area contributed by atoms with Crippen molar-refractivity contribution in [2.24, 2.45) is 5.92 Å². The molecular weight excluding hydrogens is 303 g/mol. The van der Waals surface area contributed by atoms with Crippen molar-refractivity contribution in [3.05, 3.63) is 22.2 Å². The Kier molecular flexibility index (Phi) is 4.73. The number of anilines is 1. The lowest BCUT2D eigenvalue weighted by Gasteiger charge is -2.21. The lowest BCUT2D eigenvalue weighted by atomic mass is 9.98. The second-order valence-electron chi connectivity index (χ2n) is 4.50. The lowest BCUT2D eigenvalue weighted by molar-refractivity contribution is -0.126. The van der Waals surface area contributed by atoms with E-state index in [1.54, 1.807) is 12.1 Å². The molecule has 1 aromatic rings. The highest BCUT2D eigenvalue weighted by molar-refractivity contribution is 6.37. The normalized spacial score (nSPS) is 18.4. The fourth-order valence-electron chi connectivity index (χ4n) is 2.03. The van der Waals surface area contributed by atoms with Crippen LogP contribution in [0.3, 0.4) is 0 Å². The molecule has 5 nitrogen and oxygen atoms in total. The fraction of sp³-hybridized carbons (Fsp3) is 0.385. The molecule has 0 unspecified atom stereocenters. The SMILES string of the molecule is COc1c(Cl)cc(NC(=O)[C@H]2CCC(=O)NC2)cc1Cl. The molecule has 2 amide bonds. The molecule has 1 heterocycles. The molecular formula is C13H14Cl2N2O3. The molecule has 2 N–H and O–H groups in total. The smallest absolute Gasteiger partial charge is 0.229 e. The average Bonchev–Trinajstić information content (AvgIpc) is 2.39. The minimum atomic E-state index is -0.243. The highest BCUT2D eigenvalue weighted by Crippen LogP contribution is 2.35. The van der Waals surface area contributed by atoms with Crippen molar-refractivity contribution in [2.75, 3.05) is 19.0 Å². The summed E-state index contributed by atoms with van der Waals surface area (Å²) in [6.45, 7) is 0.349. The predicted molar refractivity (Wildman–Crippen MR) is 77.4 cm³/mol. The van der Waals surface area contributed by atoms with Crippen LogP contribution < -0.4 is 15.4 Å². The zero-order chi connectivity index (χ0) is 14.7. The second kappa shape index (κ2) is 6.33. The van der Waals surface area contributed by atoms with Crippen LogP contribution in [0, 0.1) is 5.92 Å². The summed E-state index contributed by atoms with van der Waals surface area (Å²) in [4.78, 5) is 23.1. The first-order valence-electron chi connectivity index (χ1n) is 6.12. The summed E-state index contributed by atoms with van der Waals surface area (Å²) in [6, 6.07) is 3.15. The van der Waals surface area contributed by atoms with Crippen LogP contribution in [0.25, 0.3) is 0 Å². The Morgan fingerprint density at radius 1 is 1.40 bits per heavy atom. The van der Waals surface area contributed by atoms with Crippen molar-refractivity contribution < 1.29 is 14.3 Å². The lowest BCUT2D eigenvalue weighted by Crippen LogP contribution is -2.40. The number of hydrogen-bond acceptors (Lipinski definition) is 3. The molecule has 0 saturated carbocycles. The first-order chi connectivity index (χ1) is 9.51. The number of methoxy groups -OCH3 is 1. The van der Waals surface area contributed by atoms with Gasteiger partial charge < -0.3 is 15.4 Å². The minimum absolute atomic E-state index is 0.0235. The summed E-state index contributed by atoms with van der Waals surface area (Å²) in [5.41, 5.74) is 0.503. The van der Waals surface area contributed by atoms with Gasteiger partial charge in [0.15, 0.2) is 5.75 Å². The third-order valence-electron chi connectivity index (χ3n) is 3.11. The number of hydrogen-bond donors (Lipinski definition) is 2. The maximum absolute atomic E-state index is 12.1. The molecule has 7 heteroatoms. The van der Waals surface area contributed by atoms with E-state index in [9.17, 15) is 9.59 Å². The van der Waals surface area contributed by atoms with Crippen molar-refractivity contribution in [1.29, 1.82) is 0 Å². The number of benzene rings is 1. The molecule has 1 aromatic carbocycles. The van der Waals surface area contributed by atoms with Crippen molar-refractivity contribution in [2.45, 2.75) is 12.8 Å². The molecule has 108 valence electrons.